The van der Waals surface area contributed by atoms with E-state index in [-0.39, 0.29) is 17.5 Å². The highest BCUT2D eigenvalue weighted by atomic mass is 32.2. The van der Waals surface area contributed by atoms with Crippen molar-refractivity contribution in [3.05, 3.63) is 41.5 Å². The van der Waals surface area contributed by atoms with E-state index < -0.39 is 0 Å². The molecule has 2 aromatic rings. The maximum absolute atomic E-state index is 12.8. The van der Waals surface area contributed by atoms with Crippen molar-refractivity contribution >= 4 is 23.4 Å². The van der Waals surface area contributed by atoms with Crippen molar-refractivity contribution in [1.29, 1.82) is 0 Å². The Labute approximate surface area is 121 Å². The number of benzene rings is 1. The summed E-state index contributed by atoms with van der Waals surface area (Å²) in [5, 5.41) is 7.11. The van der Waals surface area contributed by atoms with Gasteiger partial charge in [0.2, 0.25) is 5.91 Å². The van der Waals surface area contributed by atoms with Crippen LogP contribution in [0.25, 0.3) is 0 Å². The third kappa shape index (κ3) is 3.39. The van der Waals surface area contributed by atoms with Crippen LogP contribution in [-0.4, -0.2) is 21.4 Å². The minimum absolute atomic E-state index is 0.0986. The Balaban J connectivity index is 1.94. The van der Waals surface area contributed by atoms with E-state index in [0.717, 1.165) is 22.0 Å². The highest BCUT2D eigenvalue weighted by Crippen LogP contribution is 2.21. The van der Waals surface area contributed by atoms with Crippen molar-refractivity contribution in [1.82, 2.24) is 9.78 Å². The monoisotopic (exact) mass is 293 g/mol. The molecule has 1 amide bonds. The molecule has 1 heterocycles. The molecule has 20 heavy (non-hydrogen) atoms. The second-order valence-corrected chi connectivity index (χ2v) is 5.51. The van der Waals surface area contributed by atoms with Crippen LogP contribution in [0.3, 0.4) is 0 Å². The van der Waals surface area contributed by atoms with E-state index >= 15 is 0 Å². The van der Waals surface area contributed by atoms with Crippen LogP contribution in [0.1, 0.15) is 11.4 Å². The molecule has 106 valence electrons. The Kier molecular flexibility index (Phi) is 4.44. The summed E-state index contributed by atoms with van der Waals surface area (Å²) in [7, 11) is 1.84. The molecule has 1 N–H and O–H groups in total. The molecule has 0 bridgehead atoms. The SMILES string of the molecule is Cc1nn(C)c(C)c1NC(=O)CSc1ccc(F)cc1. The summed E-state index contributed by atoms with van der Waals surface area (Å²) in [5.41, 5.74) is 2.48. The number of carbonyl (C=O) groups excluding carboxylic acids is 1. The number of carbonyl (C=O) groups is 1. The number of thioether (sulfide) groups is 1. The highest BCUT2D eigenvalue weighted by Gasteiger charge is 2.12. The summed E-state index contributed by atoms with van der Waals surface area (Å²) >= 11 is 1.37. The van der Waals surface area contributed by atoms with Crippen LogP contribution in [0.2, 0.25) is 0 Å². The molecule has 0 saturated heterocycles. The number of nitrogens with zero attached hydrogens (tertiary/aromatic N) is 2. The van der Waals surface area contributed by atoms with Crippen LogP contribution in [-0.2, 0) is 11.8 Å². The summed E-state index contributed by atoms with van der Waals surface area (Å²) in [5.74, 6) is -0.0988. The topological polar surface area (TPSA) is 46.9 Å². The summed E-state index contributed by atoms with van der Waals surface area (Å²) in [4.78, 5) is 12.8. The van der Waals surface area contributed by atoms with Crippen LogP contribution >= 0.6 is 11.8 Å². The molecular formula is C14H16FN3OS. The van der Waals surface area contributed by atoms with Crippen LogP contribution in [0, 0.1) is 19.7 Å². The van der Waals surface area contributed by atoms with Crippen molar-refractivity contribution in [2.45, 2.75) is 18.7 Å². The Hall–Kier alpha value is -1.82. The zero-order valence-electron chi connectivity index (χ0n) is 11.6. The van der Waals surface area contributed by atoms with E-state index in [1.54, 1.807) is 16.8 Å². The van der Waals surface area contributed by atoms with Gasteiger partial charge in [0.05, 0.1) is 22.8 Å². The summed E-state index contributed by atoms with van der Waals surface area (Å²) in [6.45, 7) is 3.76. The Morgan fingerprint density at radius 3 is 2.55 bits per heavy atom. The lowest BCUT2D eigenvalue weighted by atomic mass is 10.3. The number of hydrogen-bond donors (Lipinski definition) is 1. The van der Waals surface area contributed by atoms with Crippen LogP contribution in [0.15, 0.2) is 29.2 Å². The normalized spacial score (nSPS) is 10.6. The van der Waals surface area contributed by atoms with Gasteiger partial charge in [0.15, 0.2) is 0 Å². The molecule has 0 atom stereocenters. The first-order valence-corrected chi connectivity index (χ1v) is 7.14. The fraction of sp³-hybridized carbons (Fsp3) is 0.286. The van der Waals surface area contributed by atoms with Gasteiger partial charge < -0.3 is 5.32 Å². The van der Waals surface area contributed by atoms with Gasteiger partial charge >= 0.3 is 0 Å². The van der Waals surface area contributed by atoms with E-state index in [0.29, 0.717) is 0 Å². The zero-order valence-corrected chi connectivity index (χ0v) is 12.4. The second-order valence-electron chi connectivity index (χ2n) is 4.46. The molecule has 1 aromatic heterocycles. The van der Waals surface area contributed by atoms with Crippen molar-refractivity contribution in [3.63, 3.8) is 0 Å². The molecule has 0 aliphatic carbocycles. The van der Waals surface area contributed by atoms with Crippen molar-refractivity contribution in [2.75, 3.05) is 11.1 Å². The number of aromatic nitrogens is 2. The molecule has 0 aliphatic heterocycles. The molecule has 4 nitrogen and oxygen atoms in total. The lowest BCUT2D eigenvalue weighted by molar-refractivity contribution is -0.113. The van der Waals surface area contributed by atoms with Gasteiger partial charge in [-0.15, -0.1) is 11.8 Å². The van der Waals surface area contributed by atoms with Crippen molar-refractivity contribution in [3.8, 4) is 0 Å². The molecule has 6 heteroatoms. The third-order valence-corrected chi connectivity index (χ3v) is 3.97. The fourth-order valence-electron chi connectivity index (χ4n) is 1.81. The second kappa shape index (κ2) is 6.09. The van der Waals surface area contributed by atoms with Crippen LogP contribution < -0.4 is 5.32 Å². The number of hydrogen-bond acceptors (Lipinski definition) is 3. The number of amides is 1. The van der Waals surface area contributed by atoms with Crippen molar-refractivity contribution < 1.29 is 9.18 Å². The van der Waals surface area contributed by atoms with Gasteiger partial charge in [0.25, 0.3) is 0 Å². The quantitative estimate of drug-likeness (QED) is 0.882. The number of nitrogens with one attached hydrogen (secondary N) is 1. The lowest BCUT2D eigenvalue weighted by Gasteiger charge is -2.05. The standard InChI is InChI=1S/C14H16FN3OS/c1-9-14(10(2)18(3)17-9)16-13(19)8-20-12-6-4-11(15)5-7-12/h4-7H,8H2,1-3H3,(H,16,19). The van der Waals surface area contributed by atoms with Crippen LogP contribution in [0.5, 0.6) is 0 Å². The predicted molar refractivity (Wildman–Crippen MR) is 78.4 cm³/mol. The number of rotatable bonds is 4. The Bertz CT molecular complexity index is 622. The Morgan fingerprint density at radius 1 is 1.35 bits per heavy atom. The average molecular weight is 293 g/mol. The third-order valence-electron chi connectivity index (χ3n) is 2.96. The van der Waals surface area contributed by atoms with Gasteiger partial charge in [-0.2, -0.15) is 5.10 Å². The predicted octanol–water partition coefficient (Wildman–Crippen LogP) is 2.91. The van der Waals surface area contributed by atoms with Crippen molar-refractivity contribution in [2.24, 2.45) is 7.05 Å². The number of aryl methyl sites for hydroxylation is 2. The molecule has 0 aliphatic rings. The summed E-state index contributed by atoms with van der Waals surface area (Å²) in [6, 6.07) is 6.09. The van der Waals surface area contributed by atoms with Gasteiger partial charge in [-0.25, -0.2) is 4.39 Å². The first-order valence-electron chi connectivity index (χ1n) is 6.16. The molecule has 1 aromatic carbocycles. The van der Waals surface area contributed by atoms with E-state index in [1.165, 1.54) is 23.9 Å². The molecule has 0 unspecified atom stereocenters. The summed E-state index contributed by atoms with van der Waals surface area (Å²) < 4.78 is 14.5. The minimum atomic E-state index is -0.277. The highest BCUT2D eigenvalue weighted by molar-refractivity contribution is 8.00. The molecule has 2 rings (SSSR count). The maximum atomic E-state index is 12.8. The molecule has 0 saturated carbocycles. The van der Waals surface area contributed by atoms with E-state index in [1.807, 2.05) is 20.9 Å². The smallest absolute Gasteiger partial charge is 0.234 e. The largest absolute Gasteiger partial charge is 0.322 e. The maximum Gasteiger partial charge on any atom is 0.234 e. The summed E-state index contributed by atoms with van der Waals surface area (Å²) in [6.07, 6.45) is 0. The van der Waals surface area contributed by atoms with E-state index in [9.17, 15) is 9.18 Å². The van der Waals surface area contributed by atoms with E-state index in [4.69, 9.17) is 0 Å². The van der Waals surface area contributed by atoms with Gasteiger partial charge in [-0.05, 0) is 38.1 Å². The molecule has 0 radical (unpaired) electrons. The molecule has 0 spiro atoms. The fourth-order valence-corrected chi connectivity index (χ4v) is 2.51. The van der Waals surface area contributed by atoms with Gasteiger partial charge in [-0.3, -0.25) is 9.48 Å². The van der Waals surface area contributed by atoms with Gasteiger partial charge in [0.1, 0.15) is 5.82 Å². The number of halogens is 1. The van der Waals surface area contributed by atoms with Crippen LogP contribution in [0.4, 0.5) is 10.1 Å². The van der Waals surface area contributed by atoms with Gasteiger partial charge in [0, 0.05) is 11.9 Å². The molecule has 0 fully saturated rings. The minimum Gasteiger partial charge on any atom is -0.322 e. The first-order chi connectivity index (χ1) is 9.47. The Morgan fingerprint density at radius 2 is 2.00 bits per heavy atom. The van der Waals surface area contributed by atoms with Gasteiger partial charge in [-0.1, -0.05) is 0 Å². The first kappa shape index (κ1) is 14.6. The number of anilines is 1. The molecular weight excluding hydrogens is 277 g/mol. The lowest BCUT2D eigenvalue weighted by Crippen LogP contribution is -2.15. The van der Waals surface area contributed by atoms with E-state index in [2.05, 4.69) is 10.4 Å². The zero-order chi connectivity index (χ0) is 14.7. The average Bonchev–Trinajstić information content (AvgIpc) is 2.65.